The number of nitrogens with one attached hydrogen (secondary N) is 1. The summed E-state index contributed by atoms with van der Waals surface area (Å²) in [4.78, 5) is 12.3. The van der Waals surface area contributed by atoms with Crippen LogP contribution in [0.25, 0.3) is 0 Å². The van der Waals surface area contributed by atoms with Crippen LogP contribution in [0, 0.1) is 0 Å². The summed E-state index contributed by atoms with van der Waals surface area (Å²) in [5.74, 6) is 1.19. The van der Waals surface area contributed by atoms with E-state index in [2.05, 4.69) is 43.1 Å². The molecule has 84 valence electrons. The molecule has 0 bridgehead atoms. The molecule has 0 saturated carbocycles. The van der Waals surface area contributed by atoms with Gasteiger partial charge in [-0.05, 0) is 15.9 Å². The first kappa shape index (κ1) is 11.5. The fraction of sp³-hybridized carbons (Fsp3) is 0.300. The van der Waals surface area contributed by atoms with E-state index >= 15 is 0 Å². The zero-order valence-electron chi connectivity index (χ0n) is 8.72. The van der Waals surface area contributed by atoms with E-state index in [-0.39, 0.29) is 0 Å². The smallest absolute Gasteiger partial charge is 0.143 e. The molecule has 0 spiro atoms. The monoisotopic (exact) mass is 298 g/mol. The second-order valence-electron chi connectivity index (χ2n) is 3.37. The number of hydrogen-bond donors (Lipinski definition) is 1. The van der Waals surface area contributed by atoms with Crippen molar-refractivity contribution >= 4 is 33.1 Å². The highest BCUT2D eigenvalue weighted by Crippen LogP contribution is 2.21. The van der Waals surface area contributed by atoms with Crippen LogP contribution < -0.4 is 5.32 Å². The summed E-state index contributed by atoms with van der Waals surface area (Å²) >= 11 is 5.07. The quantitative estimate of drug-likeness (QED) is 0.943. The molecule has 4 nitrogen and oxygen atoms in total. The van der Waals surface area contributed by atoms with Gasteiger partial charge >= 0.3 is 0 Å². The minimum Gasteiger partial charge on any atom is -0.368 e. The minimum absolute atomic E-state index is 0.377. The summed E-state index contributed by atoms with van der Waals surface area (Å²) < 4.78 is 0.876. The Hall–Kier alpha value is -1.01. The molecule has 6 heteroatoms. The van der Waals surface area contributed by atoms with Crippen LogP contribution in [0.3, 0.4) is 0 Å². The molecule has 2 aromatic heterocycles. The van der Waals surface area contributed by atoms with Crippen molar-refractivity contribution in [2.75, 3.05) is 11.9 Å². The first-order chi connectivity index (χ1) is 7.77. The van der Waals surface area contributed by atoms with Gasteiger partial charge in [0.15, 0.2) is 0 Å². The summed E-state index contributed by atoms with van der Waals surface area (Å²) in [6, 6.07) is 0. The van der Waals surface area contributed by atoms with Crippen molar-refractivity contribution in [1.29, 1.82) is 0 Å². The molecule has 0 aliphatic rings. The van der Waals surface area contributed by atoms with Crippen LogP contribution in [0.15, 0.2) is 28.6 Å². The van der Waals surface area contributed by atoms with Gasteiger partial charge in [0.2, 0.25) is 0 Å². The van der Waals surface area contributed by atoms with Crippen LogP contribution in [-0.2, 0) is 0 Å². The number of halogens is 1. The molecule has 0 radical (unpaired) electrons. The lowest BCUT2D eigenvalue weighted by atomic mass is 10.2. The Morgan fingerprint density at radius 3 is 3.06 bits per heavy atom. The Balaban J connectivity index is 1.95. The third-order valence-electron chi connectivity index (χ3n) is 2.12. The van der Waals surface area contributed by atoms with Crippen molar-refractivity contribution in [3.8, 4) is 0 Å². The lowest BCUT2D eigenvalue weighted by Crippen LogP contribution is -2.11. The molecule has 0 saturated heterocycles. The largest absolute Gasteiger partial charge is 0.368 e. The molecule has 0 aliphatic carbocycles. The van der Waals surface area contributed by atoms with Crippen LogP contribution >= 0.6 is 27.3 Å². The lowest BCUT2D eigenvalue weighted by Gasteiger charge is -2.11. The Kier molecular flexibility index (Phi) is 3.84. The number of thiazole rings is 1. The number of anilines is 1. The highest BCUT2D eigenvalue weighted by molar-refractivity contribution is 9.10. The molecule has 0 amide bonds. The van der Waals surface area contributed by atoms with E-state index in [1.165, 1.54) is 6.33 Å². The Morgan fingerprint density at radius 1 is 1.50 bits per heavy atom. The fourth-order valence-electron chi connectivity index (χ4n) is 1.26. The Bertz CT molecular complexity index is 446. The summed E-state index contributed by atoms with van der Waals surface area (Å²) in [5, 5.41) is 6.40. The molecule has 0 aliphatic heterocycles. The van der Waals surface area contributed by atoms with Crippen molar-refractivity contribution in [3.63, 3.8) is 0 Å². The number of hydrogen-bond acceptors (Lipinski definition) is 5. The van der Waals surface area contributed by atoms with Gasteiger partial charge in [-0.1, -0.05) is 6.92 Å². The topological polar surface area (TPSA) is 50.7 Å². The molecule has 1 N–H and O–H groups in total. The van der Waals surface area contributed by atoms with Crippen molar-refractivity contribution < 1.29 is 0 Å². The standard InChI is InChI=1S/C10H11BrN4S/c1-7(10-13-2-3-16-10)4-14-9-8(11)5-12-6-15-9/h2-3,5-7H,4H2,1H3,(H,12,14,15). The van der Waals surface area contributed by atoms with Gasteiger partial charge in [-0.15, -0.1) is 11.3 Å². The predicted molar refractivity (Wildman–Crippen MR) is 68.8 cm³/mol. The number of aromatic nitrogens is 3. The molecular formula is C10H11BrN4S. The fourth-order valence-corrected chi connectivity index (χ4v) is 2.32. The van der Waals surface area contributed by atoms with Crippen LogP contribution in [0.5, 0.6) is 0 Å². The summed E-state index contributed by atoms with van der Waals surface area (Å²) in [6.07, 6.45) is 5.08. The van der Waals surface area contributed by atoms with E-state index < -0.39 is 0 Å². The average molecular weight is 299 g/mol. The molecule has 16 heavy (non-hydrogen) atoms. The molecule has 0 aromatic carbocycles. The first-order valence-corrected chi connectivity index (χ1v) is 6.53. The summed E-state index contributed by atoms with van der Waals surface area (Å²) in [6.45, 7) is 2.95. The van der Waals surface area contributed by atoms with Gasteiger partial charge in [-0.2, -0.15) is 0 Å². The second kappa shape index (κ2) is 5.36. The molecule has 2 heterocycles. The molecule has 1 unspecified atom stereocenters. The van der Waals surface area contributed by atoms with Gasteiger partial charge in [0.05, 0.1) is 9.48 Å². The van der Waals surface area contributed by atoms with E-state index in [4.69, 9.17) is 0 Å². The summed E-state index contributed by atoms with van der Waals surface area (Å²) in [7, 11) is 0. The third-order valence-corrected chi connectivity index (χ3v) is 3.70. The van der Waals surface area contributed by atoms with E-state index in [9.17, 15) is 0 Å². The highest BCUT2D eigenvalue weighted by Gasteiger charge is 2.09. The van der Waals surface area contributed by atoms with E-state index in [0.29, 0.717) is 5.92 Å². The van der Waals surface area contributed by atoms with Crippen LogP contribution in [-0.4, -0.2) is 21.5 Å². The third kappa shape index (κ3) is 2.76. The van der Waals surface area contributed by atoms with Crippen molar-refractivity contribution in [2.45, 2.75) is 12.8 Å². The maximum Gasteiger partial charge on any atom is 0.143 e. The van der Waals surface area contributed by atoms with Gasteiger partial charge in [0, 0.05) is 30.2 Å². The normalized spacial score (nSPS) is 12.4. The van der Waals surface area contributed by atoms with Crippen LogP contribution in [0.2, 0.25) is 0 Å². The van der Waals surface area contributed by atoms with Crippen molar-refractivity contribution in [1.82, 2.24) is 15.0 Å². The Labute approximate surface area is 106 Å². The van der Waals surface area contributed by atoms with Gasteiger partial charge in [-0.25, -0.2) is 15.0 Å². The molecule has 0 fully saturated rings. The Morgan fingerprint density at radius 2 is 2.38 bits per heavy atom. The zero-order valence-corrected chi connectivity index (χ0v) is 11.1. The average Bonchev–Trinajstić information content (AvgIpc) is 2.81. The number of rotatable bonds is 4. The SMILES string of the molecule is CC(CNc1ncncc1Br)c1nccs1. The van der Waals surface area contributed by atoms with Crippen molar-refractivity contribution in [2.24, 2.45) is 0 Å². The second-order valence-corrected chi connectivity index (χ2v) is 5.15. The lowest BCUT2D eigenvalue weighted by molar-refractivity contribution is 0.790. The van der Waals surface area contributed by atoms with E-state index in [0.717, 1.165) is 21.8 Å². The van der Waals surface area contributed by atoms with E-state index in [1.54, 1.807) is 17.5 Å². The van der Waals surface area contributed by atoms with Gasteiger partial charge in [-0.3, -0.25) is 0 Å². The van der Waals surface area contributed by atoms with E-state index in [1.807, 2.05) is 11.6 Å². The zero-order chi connectivity index (χ0) is 11.4. The number of nitrogens with zero attached hydrogens (tertiary/aromatic N) is 3. The first-order valence-electron chi connectivity index (χ1n) is 4.86. The molecular weight excluding hydrogens is 288 g/mol. The van der Waals surface area contributed by atoms with Crippen LogP contribution in [0.4, 0.5) is 5.82 Å². The maximum absolute atomic E-state index is 4.28. The van der Waals surface area contributed by atoms with Gasteiger partial charge < -0.3 is 5.32 Å². The molecule has 2 aromatic rings. The highest BCUT2D eigenvalue weighted by atomic mass is 79.9. The summed E-state index contributed by atoms with van der Waals surface area (Å²) in [5.41, 5.74) is 0. The minimum atomic E-state index is 0.377. The molecule has 1 atom stereocenters. The maximum atomic E-state index is 4.28. The van der Waals surface area contributed by atoms with Gasteiger partial charge in [0.25, 0.3) is 0 Å². The van der Waals surface area contributed by atoms with Crippen molar-refractivity contribution in [3.05, 3.63) is 33.6 Å². The van der Waals surface area contributed by atoms with Gasteiger partial charge in [0.1, 0.15) is 12.1 Å². The van der Waals surface area contributed by atoms with Crippen LogP contribution in [0.1, 0.15) is 17.8 Å². The predicted octanol–water partition coefficient (Wildman–Crippen LogP) is 2.91. The molecule has 2 rings (SSSR count).